The summed E-state index contributed by atoms with van der Waals surface area (Å²) in [5, 5.41) is 15.8. The molecule has 8 N–H and O–H groups in total. The Morgan fingerprint density at radius 3 is 2.71 bits per heavy atom. The van der Waals surface area contributed by atoms with Crippen molar-refractivity contribution < 1.29 is 33.0 Å². The van der Waals surface area contributed by atoms with Crippen LogP contribution in [0.2, 0.25) is 5.02 Å². The number of rotatable bonds is 8. The molecule has 0 radical (unpaired) electrons. The number of esters is 1. The predicted molar refractivity (Wildman–Crippen MR) is 231 cm³/mol. The molecule has 19 heteroatoms. The lowest BCUT2D eigenvalue weighted by Crippen LogP contribution is -2.63. The summed E-state index contributed by atoms with van der Waals surface area (Å²) in [6.45, 7) is 6.49. The van der Waals surface area contributed by atoms with Crippen molar-refractivity contribution in [2.45, 2.75) is 44.7 Å². The summed E-state index contributed by atoms with van der Waals surface area (Å²) in [6, 6.07) is 10.6. The number of aliphatic hydroxyl groups is 1. The average molecular weight is 880 g/mol. The summed E-state index contributed by atoms with van der Waals surface area (Å²) in [7, 11) is 0. The molecular weight excluding hydrogens is 844 g/mol. The van der Waals surface area contributed by atoms with E-state index in [1.165, 1.54) is 29.4 Å². The number of ether oxygens (including phenoxy) is 2. The lowest BCUT2D eigenvalue weighted by atomic mass is 9.88. The number of aliphatic hydroxyl groups excluding tert-OH is 1. The lowest BCUT2D eigenvalue weighted by molar-refractivity contribution is -0.157. The number of thiazole rings is 1. The number of nitrogens with zero attached hydrogens (tertiary/aromatic N) is 5. The minimum atomic E-state index is -1.52. The van der Waals surface area contributed by atoms with Crippen LogP contribution in [0.15, 0.2) is 71.2 Å². The number of anilines is 4. The molecule has 2 atom stereocenters. The van der Waals surface area contributed by atoms with Crippen LogP contribution in [0.25, 0.3) is 37.8 Å². The second kappa shape index (κ2) is 14.5. The van der Waals surface area contributed by atoms with Gasteiger partial charge in [-0.25, -0.2) is 24.4 Å². The molecule has 0 aliphatic carbocycles. The molecule has 316 valence electrons. The van der Waals surface area contributed by atoms with Gasteiger partial charge in [-0.15, -0.1) is 0 Å². The van der Waals surface area contributed by atoms with E-state index in [-0.39, 0.29) is 114 Å². The first-order chi connectivity index (χ1) is 29.7. The number of nitrogen functional groups attached to an aromatic ring is 2. The molecule has 15 nitrogen and oxygen atoms in total. The number of nitrogens with one attached hydrogen (secondary N) is 1. The fourth-order valence-electron chi connectivity index (χ4n) is 8.90. The fraction of sp³-hybridized carbons (Fsp3) is 0.233. The van der Waals surface area contributed by atoms with Gasteiger partial charge in [0.05, 0.1) is 50.5 Å². The van der Waals surface area contributed by atoms with E-state index in [9.17, 15) is 23.9 Å². The Morgan fingerprint density at radius 2 is 1.94 bits per heavy atom. The maximum absolute atomic E-state index is 16.4. The van der Waals surface area contributed by atoms with Crippen molar-refractivity contribution in [3.8, 4) is 16.9 Å². The van der Waals surface area contributed by atoms with E-state index in [1.54, 1.807) is 21.6 Å². The van der Waals surface area contributed by atoms with E-state index in [4.69, 9.17) is 38.4 Å². The Labute approximate surface area is 359 Å². The summed E-state index contributed by atoms with van der Waals surface area (Å²) >= 11 is 7.66. The van der Waals surface area contributed by atoms with Gasteiger partial charge in [-0.2, -0.15) is 0 Å². The van der Waals surface area contributed by atoms with Crippen LogP contribution in [-0.4, -0.2) is 62.2 Å². The number of aromatic nitrogens is 3. The second-order valence-electron chi connectivity index (χ2n) is 15.5. The van der Waals surface area contributed by atoms with Crippen molar-refractivity contribution in [2.75, 3.05) is 41.5 Å². The first-order valence-corrected chi connectivity index (χ1v) is 20.7. The number of pyridine rings is 2. The molecule has 1 saturated heterocycles. The average Bonchev–Trinajstić information content (AvgIpc) is 3.81. The number of cyclic esters (lactones) is 1. The number of carbonyl (C=O) groups excluding carboxylic acids is 2. The Bertz CT molecular complexity index is 3090. The molecule has 10 rings (SSSR count). The zero-order valence-electron chi connectivity index (χ0n) is 32.8. The van der Waals surface area contributed by atoms with Gasteiger partial charge in [0.15, 0.2) is 17.1 Å². The molecular formula is C43H36ClF2N9O6S. The fourth-order valence-corrected chi connectivity index (χ4v) is 9.96. The van der Waals surface area contributed by atoms with Crippen LogP contribution >= 0.6 is 22.9 Å². The molecule has 62 heavy (non-hydrogen) atoms. The molecule has 3 aromatic carbocycles. The Kier molecular flexibility index (Phi) is 9.25. The van der Waals surface area contributed by atoms with Crippen molar-refractivity contribution in [2.24, 2.45) is 5.84 Å². The first kappa shape index (κ1) is 39.5. The first-order valence-electron chi connectivity index (χ1n) is 19.5. The largest absolute Gasteiger partial charge is 0.489 e. The van der Waals surface area contributed by atoms with Crippen molar-refractivity contribution >= 4 is 83.7 Å². The standard InChI is InChI=1S/C43H36ClF2N9O6S/c1-3-20-22-8-19(4-7-30(22)51-34-25(20)14-54-31(34)10-23-26(41(54)58)16-61-42(59)38(23)56)60-15-17(2)40(57)53-12-18(13-53)55(49)37-24-9-27(44)32(33(46)35(24)50-11-29(37)47)21-5-6-28(45)39-36(21)52-43(48)62-39/h4-11,18,34,38,51,56H,2-3,12-16,47,49H2,1H3,(H2,48,52). The monoisotopic (exact) mass is 879 g/mol. The maximum atomic E-state index is 16.4. The van der Waals surface area contributed by atoms with Crippen LogP contribution in [-0.2, 0) is 27.5 Å². The van der Waals surface area contributed by atoms with Crippen LogP contribution in [0.4, 0.5) is 31.0 Å². The van der Waals surface area contributed by atoms with Gasteiger partial charge in [0.2, 0.25) is 0 Å². The SMILES string of the molecule is C=C(COc1ccc2c(c1)C(CC)=C1Cn3c(cc4c(c3=O)COC(=O)C4O)C1N2)C(=O)N1CC(N(N)c2c(N)cnc3c(F)c(-c4ccc(F)c5sc(N)nc45)c(Cl)cc23)C1. The van der Waals surface area contributed by atoms with Crippen LogP contribution < -0.4 is 37.9 Å². The number of allylic oxidation sites excluding steroid dienone is 1. The van der Waals surface area contributed by atoms with Crippen molar-refractivity contribution in [1.82, 2.24) is 19.4 Å². The van der Waals surface area contributed by atoms with Crippen LogP contribution in [0.3, 0.4) is 0 Å². The summed E-state index contributed by atoms with van der Waals surface area (Å²) < 4.78 is 43.9. The molecule has 0 bridgehead atoms. The Balaban J connectivity index is 0.825. The summed E-state index contributed by atoms with van der Waals surface area (Å²) in [5.41, 5.74) is 17.8. The van der Waals surface area contributed by atoms with E-state index < -0.39 is 29.7 Å². The summed E-state index contributed by atoms with van der Waals surface area (Å²) in [4.78, 5) is 49.1. The van der Waals surface area contributed by atoms with E-state index in [0.717, 1.165) is 33.7 Å². The van der Waals surface area contributed by atoms with E-state index in [0.29, 0.717) is 24.4 Å². The predicted octanol–water partition coefficient (Wildman–Crippen LogP) is 5.73. The van der Waals surface area contributed by atoms with Crippen LogP contribution in [0.5, 0.6) is 5.75 Å². The molecule has 0 spiro atoms. The minimum Gasteiger partial charge on any atom is -0.489 e. The van der Waals surface area contributed by atoms with Crippen LogP contribution in [0.1, 0.15) is 47.9 Å². The zero-order valence-corrected chi connectivity index (χ0v) is 34.4. The third-order valence-corrected chi connectivity index (χ3v) is 13.2. The molecule has 7 heterocycles. The highest BCUT2D eigenvalue weighted by molar-refractivity contribution is 7.22. The highest BCUT2D eigenvalue weighted by Crippen LogP contribution is 2.48. The number of nitrogens with two attached hydrogens (primary N) is 3. The van der Waals surface area contributed by atoms with E-state index in [1.807, 2.05) is 19.1 Å². The van der Waals surface area contributed by atoms with Gasteiger partial charge >= 0.3 is 5.97 Å². The molecule has 6 aromatic rings. The smallest absolute Gasteiger partial charge is 0.340 e. The number of benzene rings is 3. The second-order valence-corrected chi connectivity index (χ2v) is 17.0. The van der Waals surface area contributed by atoms with Crippen LogP contribution in [0, 0.1) is 11.6 Å². The molecule has 3 aromatic heterocycles. The van der Waals surface area contributed by atoms with Gasteiger partial charge in [0, 0.05) is 64.2 Å². The summed E-state index contributed by atoms with van der Waals surface area (Å²) in [6.07, 6.45) is 0.430. The summed E-state index contributed by atoms with van der Waals surface area (Å²) in [5.74, 6) is 4.70. The number of halogens is 3. The Morgan fingerprint density at radius 1 is 1.15 bits per heavy atom. The van der Waals surface area contributed by atoms with Gasteiger partial charge in [-0.05, 0) is 60.0 Å². The van der Waals surface area contributed by atoms with Crippen molar-refractivity contribution in [3.05, 3.63) is 116 Å². The topological polar surface area (TPSA) is 217 Å². The highest BCUT2D eigenvalue weighted by atomic mass is 35.5. The van der Waals surface area contributed by atoms with E-state index >= 15 is 4.39 Å². The number of amides is 1. The van der Waals surface area contributed by atoms with Gasteiger partial charge < -0.3 is 45.8 Å². The van der Waals surface area contributed by atoms with Gasteiger partial charge in [-0.3, -0.25) is 14.6 Å². The lowest BCUT2D eigenvalue weighted by Gasteiger charge is -2.44. The van der Waals surface area contributed by atoms with Gasteiger partial charge in [0.1, 0.15) is 30.3 Å². The third kappa shape index (κ3) is 5.99. The number of hydrogen-bond donors (Lipinski definition) is 5. The number of hydrazine groups is 1. The highest BCUT2D eigenvalue weighted by Gasteiger charge is 2.40. The minimum absolute atomic E-state index is 0.00343. The molecule has 4 aliphatic rings. The van der Waals surface area contributed by atoms with Crippen molar-refractivity contribution in [1.29, 1.82) is 0 Å². The molecule has 2 unspecified atom stereocenters. The van der Waals surface area contributed by atoms with Gasteiger partial charge in [-0.1, -0.05) is 36.4 Å². The zero-order chi connectivity index (χ0) is 43.5. The number of hydrogen-bond acceptors (Lipinski definition) is 14. The maximum Gasteiger partial charge on any atom is 0.340 e. The Hall–Kier alpha value is -6.60. The molecule has 1 amide bonds. The molecule has 0 saturated carbocycles. The number of likely N-dealkylation sites (tertiary alicyclic amines) is 1. The number of fused-ring (bicyclic) bond motifs is 7. The molecule has 1 fully saturated rings. The van der Waals surface area contributed by atoms with E-state index in [2.05, 4.69) is 21.9 Å². The quantitative estimate of drug-likeness (QED) is 0.0535. The third-order valence-electron chi connectivity index (χ3n) is 12.0. The normalized spacial score (nSPS) is 17.8. The van der Waals surface area contributed by atoms with Crippen molar-refractivity contribution in [3.63, 3.8) is 0 Å². The molecule has 4 aliphatic heterocycles. The number of carbonyl (C=O) groups is 2. The van der Waals surface area contributed by atoms with Gasteiger partial charge in [0.25, 0.3) is 11.5 Å².